The molecule has 2 rings (SSSR count). The van der Waals surface area contributed by atoms with E-state index in [1.165, 1.54) is 38.5 Å². The minimum Gasteiger partial charge on any atom is -0.445 e. The van der Waals surface area contributed by atoms with Crippen molar-refractivity contribution < 1.29 is 14.3 Å². The minimum absolute atomic E-state index is 0.125. The SMILES string of the molecule is CCCCCCCCSCC(=O)C(Cc1ccccc1)NCC(CC(C)C)NC(=O)OCc1ccccc1. The second-order valence-corrected chi connectivity index (χ2v) is 11.6. The first-order chi connectivity index (χ1) is 18.5. The first-order valence-electron chi connectivity index (χ1n) is 14.3. The van der Waals surface area contributed by atoms with Crippen molar-refractivity contribution >= 4 is 23.6 Å². The summed E-state index contributed by atoms with van der Waals surface area (Å²) in [5.41, 5.74) is 2.09. The predicted molar refractivity (Wildman–Crippen MR) is 161 cm³/mol. The minimum atomic E-state index is -0.429. The van der Waals surface area contributed by atoms with E-state index in [-0.39, 0.29) is 24.5 Å². The predicted octanol–water partition coefficient (Wildman–Crippen LogP) is 7.19. The zero-order valence-corrected chi connectivity index (χ0v) is 24.4. The third-order valence-electron chi connectivity index (χ3n) is 6.46. The van der Waals surface area contributed by atoms with Gasteiger partial charge in [0.2, 0.25) is 0 Å². The first-order valence-corrected chi connectivity index (χ1v) is 15.5. The van der Waals surface area contributed by atoms with Gasteiger partial charge in [-0.2, -0.15) is 11.8 Å². The maximum absolute atomic E-state index is 13.2. The Labute approximate surface area is 234 Å². The normalized spacial score (nSPS) is 12.7. The molecule has 0 heterocycles. The molecule has 0 fully saturated rings. The van der Waals surface area contributed by atoms with Crippen molar-refractivity contribution in [1.29, 1.82) is 0 Å². The van der Waals surface area contributed by atoms with Crippen molar-refractivity contribution in [1.82, 2.24) is 10.6 Å². The van der Waals surface area contributed by atoms with Gasteiger partial charge in [0.15, 0.2) is 5.78 Å². The molecule has 0 aliphatic heterocycles. The number of hydrogen-bond donors (Lipinski definition) is 2. The summed E-state index contributed by atoms with van der Waals surface area (Å²) in [6.07, 6.45) is 8.61. The maximum Gasteiger partial charge on any atom is 0.407 e. The average Bonchev–Trinajstić information content (AvgIpc) is 2.92. The summed E-state index contributed by atoms with van der Waals surface area (Å²) >= 11 is 1.74. The largest absolute Gasteiger partial charge is 0.445 e. The van der Waals surface area contributed by atoms with Crippen molar-refractivity contribution in [3.8, 4) is 0 Å². The second-order valence-electron chi connectivity index (χ2n) is 10.5. The van der Waals surface area contributed by atoms with Crippen LogP contribution in [0.3, 0.4) is 0 Å². The molecule has 0 aliphatic rings. The third-order valence-corrected chi connectivity index (χ3v) is 7.53. The molecule has 0 spiro atoms. The Kier molecular flexibility index (Phi) is 16.6. The molecule has 0 saturated heterocycles. The lowest BCUT2D eigenvalue weighted by molar-refractivity contribution is -0.118. The van der Waals surface area contributed by atoms with Gasteiger partial charge in [-0.3, -0.25) is 4.79 Å². The van der Waals surface area contributed by atoms with Gasteiger partial charge in [-0.05, 0) is 42.1 Å². The molecule has 6 heteroatoms. The summed E-state index contributed by atoms with van der Waals surface area (Å²) < 4.78 is 5.45. The van der Waals surface area contributed by atoms with E-state index in [0.717, 1.165) is 23.3 Å². The zero-order chi connectivity index (χ0) is 27.4. The topological polar surface area (TPSA) is 67.4 Å². The number of carbonyl (C=O) groups excluding carboxylic acids is 2. The van der Waals surface area contributed by atoms with Crippen LogP contribution in [0.2, 0.25) is 0 Å². The quantitative estimate of drug-likeness (QED) is 0.174. The molecule has 0 aromatic heterocycles. The maximum atomic E-state index is 13.2. The number of benzene rings is 2. The molecular formula is C32H48N2O3S. The van der Waals surface area contributed by atoms with Gasteiger partial charge >= 0.3 is 6.09 Å². The summed E-state index contributed by atoms with van der Waals surface area (Å²) in [6.45, 7) is 7.26. The van der Waals surface area contributed by atoms with E-state index in [2.05, 4.69) is 43.5 Å². The molecule has 0 bridgehead atoms. The van der Waals surface area contributed by atoms with Crippen LogP contribution in [0, 0.1) is 5.92 Å². The zero-order valence-electron chi connectivity index (χ0n) is 23.6. The number of unbranched alkanes of at least 4 members (excludes halogenated alkanes) is 5. The van der Waals surface area contributed by atoms with Gasteiger partial charge in [0.25, 0.3) is 0 Å². The van der Waals surface area contributed by atoms with Crippen LogP contribution in [-0.4, -0.2) is 42.0 Å². The van der Waals surface area contributed by atoms with Crippen LogP contribution in [0.5, 0.6) is 0 Å². The fourth-order valence-corrected chi connectivity index (χ4v) is 5.34. The van der Waals surface area contributed by atoms with Gasteiger partial charge in [0.1, 0.15) is 6.61 Å². The van der Waals surface area contributed by atoms with E-state index < -0.39 is 6.09 Å². The van der Waals surface area contributed by atoms with Crippen LogP contribution in [-0.2, 0) is 22.6 Å². The fraction of sp³-hybridized carbons (Fsp3) is 0.562. The van der Waals surface area contributed by atoms with Gasteiger partial charge in [-0.25, -0.2) is 4.79 Å². The highest BCUT2D eigenvalue weighted by Crippen LogP contribution is 2.13. The number of carbonyl (C=O) groups is 2. The van der Waals surface area contributed by atoms with Crippen molar-refractivity contribution in [2.45, 2.75) is 90.8 Å². The molecule has 2 aromatic rings. The highest BCUT2D eigenvalue weighted by molar-refractivity contribution is 7.99. The lowest BCUT2D eigenvalue weighted by Crippen LogP contribution is -2.49. The van der Waals surface area contributed by atoms with Crippen LogP contribution < -0.4 is 10.6 Å². The number of Topliss-reactive ketones (excluding diaryl/α,β-unsaturated/α-hetero) is 1. The van der Waals surface area contributed by atoms with Crippen molar-refractivity contribution in [2.24, 2.45) is 5.92 Å². The molecule has 2 N–H and O–H groups in total. The van der Waals surface area contributed by atoms with Crippen LogP contribution in [0.15, 0.2) is 60.7 Å². The van der Waals surface area contributed by atoms with Gasteiger partial charge < -0.3 is 15.4 Å². The number of thioether (sulfide) groups is 1. The third kappa shape index (κ3) is 14.6. The molecule has 0 aliphatic carbocycles. The van der Waals surface area contributed by atoms with Crippen molar-refractivity contribution in [3.05, 3.63) is 71.8 Å². The molecule has 210 valence electrons. The van der Waals surface area contributed by atoms with Crippen LogP contribution in [0.1, 0.15) is 76.8 Å². The highest BCUT2D eigenvalue weighted by Gasteiger charge is 2.22. The Morgan fingerprint density at radius 2 is 1.50 bits per heavy atom. The molecule has 38 heavy (non-hydrogen) atoms. The molecule has 2 aromatic carbocycles. The number of hydrogen-bond acceptors (Lipinski definition) is 5. The van der Waals surface area contributed by atoms with E-state index in [4.69, 9.17) is 4.74 Å². The summed E-state index contributed by atoms with van der Waals surface area (Å²) in [5.74, 6) is 2.16. The molecule has 1 amide bonds. The number of rotatable bonds is 20. The monoisotopic (exact) mass is 540 g/mol. The Morgan fingerprint density at radius 1 is 0.868 bits per heavy atom. The van der Waals surface area contributed by atoms with Crippen molar-refractivity contribution in [3.63, 3.8) is 0 Å². The van der Waals surface area contributed by atoms with Crippen LogP contribution in [0.4, 0.5) is 4.79 Å². The van der Waals surface area contributed by atoms with E-state index in [1.54, 1.807) is 11.8 Å². The lowest BCUT2D eigenvalue weighted by atomic mass is 10.0. The Bertz CT molecular complexity index is 892. The second kappa shape index (κ2) is 19.7. The van der Waals surface area contributed by atoms with Crippen LogP contribution >= 0.6 is 11.8 Å². The summed E-state index contributed by atoms with van der Waals surface area (Å²) in [6, 6.07) is 19.4. The molecule has 2 unspecified atom stereocenters. The van der Waals surface area contributed by atoms with E-state index in [1.807, 2.05) is 48.5 Å². The average molecular weight is 541 g/mol. The Hall–Kier alpha value is -2.31. The molecule has 0 saturated carbocycles. The van der Waals surface area contributed by atoms with Gasteiger partial charge in [0.05, 0.1) is 11.8 Å². The standard InChI is InChI=1S/C32H48N2O3S/c1-4-5-6-7-8-15-20-38-25-31(35)30(22-27-16-11-9-12-17-27)33-23-29(21-26(2)3)34-32(36)37-24-28-18-13-10-14-19-28/h9-14,16-19,26,29-30,33H,4-8,15,20-25H2,1-3H3,(H,34,36). The van der Waals surface area contributed by atoms with E-state index in [9.17, 15) is 9.59 Å². The summed E-state index contributed by atoms with van der Waals surface area (Å²) in [4.78, 5) is 25.8. The summed E-state index contributed by atoms with van der Waals surface area (Å²) in [7, 11) is 0. The lowest BCUT2D eigenvalue weighted by Gasteiger charge is -2.24. The Balaban J connectivity index is 1.88. The van der Waals surface area contributed by atoms with Crippen LogP contribution in [0.25, 0.3) is 0 Å². The first kappa shape index (κ1) is 31.9. The van der Waals surface area contributed by atoms with Gasteiger partial charge in [-0.1, -0.05) is 114 Å². The number of alkyl carbamates (subject to hydrolysis) is 1. The molecule has 2 atom stereocenters. The number of amides is 1. The molecular weight excluding hydrogens is 492 g/mol. The number of nitrogens with one attached hydrogen (secondary N) is 2. The van der Waals surface area contributed by atoms with Gasteiger partial charge in [0, 0.05) is 12.6 Å². The number of ketones is 1. The van der Waals surface area contributed by atoms with E-state index in [0.29, 0.717) is 24.6 Å². The van der Waals surface area contributed by atoms with Crippen molar-refractivity contribution in [2.75, 3.05) is 18.1 Å². The number of ether oxygens (including phenoxy) is 1. The Morgan fingerprint density at radius 3 is 2.16 bits per heavy atom. The molecule has 5 nitrogen and oxygen atoms in total. The smallest absolute Gasteiger partial charge is 0.407 e. The van der Waals surface area contributed by atoms with Gasteiger partial charge in [-0.15, -0.1) is 0 Å². The fourth-order valence-electron chi connectivity index (χ4n) is 4.39. The molecule has 0 radical (unpaired) electrons. The van der Waals surface area contributed by atoms with E-state index >= 15 is 0 Å². The highest BCUT2D eigenvalue weighted by atomic mass is 32.2. The summed E-state index contributed by atoms with van der Waals surface area (Å²) in [5, 5.41) is 6.51.